The first-order valence-corrected chi connectivity index (χ1v) is 8.44. The molecule has 0 aromatic heterocycles. The van der Waals surface area contributed by atoms with Crippen LogP contribution in [0, 0.1) is 18.8 Å². The Balaban J connectivity index is 2.05. The van der Waals surface area contributed by atoms with E-state index in [1.165, 1.54) is 12.8 Å². The predicted octanol–water partition coefficient (Wildman–Crippen LogP) is 3.94. The van der Waals surface area contributed by atoms with E-state index in [0.717, 1.165) is 35.9 Å². The van der Waals surface area contributed by atoms with E-state index in [4.69, 9.17) is 4.74 Å². The number of hydrogen-bond donors (Lipinski definition) is 0. The number of ether oxygens (including phenoxy) is 1. The van der Waals surface area contributed by atoms with Gasteiger partial charge in [-0.05, 0) is 56.8 Å². The molecule has 0 aliphatic carbocycles. The van der Waals surface area contributed by atoms with E-state index in [9.17, 15) is 4.79 Å². The van der Waals surface area contributed by atoms with Crippen LogP contribution in [0.1, 0.15) is 49.5 Å². The molecule has 0 spiro atoms. The van der Waals surface area contributed by atoms with Gasteiger partial charge in [0.2, 0.25) is 0 Å². The molecule has 122 valence electrons. The largest absolute Gasteiger partial charge is 0.493 e. The summed E-state index contributed by atoms with van der Waals surface area (Å²) in [6.45, 7) is 11.7. The van der Waals surface area contributed by atoms with Crippen molar-refractivity contribution in [1.29, 1.82) is 0 Å². The van der Waals surface area contributed by atoms with Crippen LogP contribution in [0.2, 0.25) is 0 Å². The first-order valence-electron chi connectivity index (χ1n) is 8.44. The molecule has 3 nitrogen and oxygen atoms in total. The highest BCUT2D eigenvalue weighted by molar-refractivity contribution is 6.00. The third-order valence-corrected chi connectivity index (χ3v) is 4.25. The maximum absolute atomic E-state index is 12.7. The molecule has 0 saturated carbocycles. The molecule has 1 aromatic rings. The van der Waals surface area contributed by atoms with Gasteiger partial charge in [0.05, 0.1) is 18.7 Å². The Morgan fingerprint density at radius 3 is 2.64 bits per heavy atom. The third kappa shape index (κ3) is 4.84. The second kappa shape index (κ2) is 7.77. The predicted molar refractivity (Wildman–Crippen MR) is 90.7 cm³/mol. The molecule has 22 heavy (non-hydrogen) atoms. The van der Waals surface area contributed by atoms with E-state index in [0.29, 0.717) is 19.1 Å². The molecule has 1 aromatic carbocycles. The van der Waals surface area contributed by atoms with Crippen LogP contribution in [-0.4, -0.2) is 36.9 Å². The molecule has 2 rings (SSSR count). The van der Waals surface area contributed by atoms with Crippen molar-refractivity contribution in [3.63, 3.8) is 0 Å². The van der Waals surface area contributed by atoms with Gasteiger partial charge in [-0.2, -0.15) is 0 Å². The number of rotatable bonds is 6. The minimum Gasteiger partial charge on any atom is -0.493 e. The van der Waals surface area contributed by atoms with E-state index >= 15 is 0 Å². The molecule has 1 aliphatic rings. The fraction of sp³-hybridized carbons (Fsp3) is 0.632. The zero-order valence-electron chi connectivity index (χ0n) is 14.4. The van der Waals surface area contributed by atoms with Crippen LogP contribution >= 0.6 is 0 Å². The Labute approximate surface area is 134 Å². The first kappa shape index (κ1) is 17.0. The van der Waals surface area contributed by atoms with Crippen molar-refractivity contribution in [3.8, 4) is 5.75 Å². The Bertz CT molecular complexity index is 502. The molecule has 1 heterocycles. The molecule has 0 radical (unpaired) electrons. The zero-order chi connectivity index (χ0) is 16.1. The maximum atomic E-state index is 12.7. The normalized spacial score (nSPS) is 17.0. The standard InChI is InChI=1S/C19H29NO2/c1-14(2)13-22-19-6-5-16(4)11-17(19)18(21)12-20-9-7-15(3)8-10-20/h5-6,11,14-15H,7-10,12-13H2,1-4H3. The number of Topliss-reactive ketones (excluding diaryl/α,β-unsaturated/α-hetero) is 1. The van der Waals surface area contributed by atoms with Gasteiger partial charge in [-0.15, -0.1) is 0 Å². The average molecular weight is 303 g/mol. The van der Waals surface area contributed by atoms with Gasteiger partial charge >= 0.3 is 0 Å². The van der Waals surface area contributed by atoms with Gasteiger partial charge in [0.15, 0.2) is 5.78 Å². The van der Waals surface area contributed by atoms with Crippen molar-refractivity contribution in [2.45, 2.75) is 40.5 Å². The van der Waals surface area contributed by atoms with E-state index in [1.54, 1.807) is 0 Å². The second-order valence-corrected chi connectivity index (χ2v) is 7.09. The van der Waals surface area contributed by atoms with E-state index in [1.807, 2.05) is 25.1 Å². The van der Waals surface area contributed by atoms with Crippen LogP contribution in [0.15, 0.2) is 18.2 Å². The number of carbonyl (C=O) groups excluding carboxylic acids is 1. The van der Waals surface area contributed by atoms with Crippen LogP contribution < -0.4 is 4.74 Å². The molecule has 0 unspecified atom stereocenters. The summed E-state index contributed by atoms with van der Waals surface area (Å²) in [5.74, 6) is 2.15. The minimum atomic E-state index is 0.178. The van der Waals surface area contributed by atoms with E-state index in [-0.39, 0.29) is 5.78 Å². The second-order valence-electron chi connectivity index (χ2n) is 7.09. The van der Waals surface area contributed by atoms with Gasteiger partial charge in [0.1, 0.15) is 5.75 Å². The van der Waals surface area contributed by atoms with Crippen LogP contribution in [0.25, 0.3) is 0 Å². The average Bonchev–Trinajstić information content (AvgIpc) is 2.48. The minimum absolute atomic E-state index is 0.178. The SMILES string of the molecule is Cc1ccc(OCC(C)C)c(C(=O)CN2CCC(C)CC2)c1. The van der Waals surface area contributed by atoms with E-state index in [2.05, 4.69) is 25.7 Å². The molecular weight excluding hydrogens is 274 g/mol. The summed E-state index contributed by atoms with van der Waals surface area (Å²) in [7, 11) is 0. The summed E-state index contributed by atoms with van der Waals surface area (Å²) < 4.78 is 5.84. The molecule has 3 heteroatoms. The summed E-state index contributed by atoms with van der Waals surface area (Å²) in [5.41, 5.74) is 1.84. The van der Waals surface area contributed by atoms with Crippen LogP contribution in [0.4, 0.5) is 0 Å². The van der Waals surface area contributed by atoms with Crippen molar-refractivity contribution < 1.29 is 9.53 Å². The quantitative estimate of drug-likeness (QED) is 0.745. The lowest BCUT2D eigenvalue weighted by molar-refractivity contribution is 0.0895. The molecule has 1 saturated heterocycles. The van der Waals surface area contributed by atoms with Crippen LogP contribution in [0.5, 0.6) is 5.75 Å². The van der Waals surface area contributed by atoms with Gasteiger partial charge in [0, 0.05) is 0 Å². The lowest BCUT2D eigenvalue weighted by Gasteiger charge is -2.29. The zero-order valence-corrected chi connectivity index (χ0v) is 14.4. The van der Waals surface area contributed by atoms with Crippen molar-refractivity contribution in [1.82, 2.24) is 4.90 Å². The number of piperidine rings is 1. The number of carbonyl (C=O) groups is 1. The number of hydrogen-bond acceptors (Lipinski definition) is 3. The number of ketones is 1. The van der Waals surface area contributed by atoms with Crippen LogP contribution in [0.3, 0.4) is 0 Å². The first-order chi connectivity index (χ1) is 10.5. The summed E-state index contributed by atoms with van der Waals surface area (Å²) in [6, 6.07) is 5.91. The summed E-state index contributed by atoms with van der Waals surface area (Å²) in [4.78, 5) is 15.0. The van der Waals surface area contributed by atoms with Crippen molar-refractivity contribution in [2.24, 2.45) is 11.8 Å². The van der Waals surface area contributed by atoms with Gasteiger partial charge in [-0.1, -0.05) is 32.4 Å². The fourth-order valence-corrected chi connectivity index (χ4v) is 2.75. The highest BCUT2D eigenvalue weighted by atomic mass is 16.5. The summed E-state index contributed by atoms with van der Waals surface area (Å²) >= 11 is 0. The van der Waals surface area contributed by atoms with Crippen molar-refractivity contribution in [3.05, 3.63) is 29.3 Å². The van der Waals surface area contributed by atoms with Gasteiger partial charge in [0.25, 0.3) is 0 Å². The highest BCUT2D eigenvalue weighted by Crippen LogP contribution is 2.23. The molecule has 0 N–H and O–H groups in total. The molecule has 0 atom stereocenters. The smallest absolute Gasteiger partial charge is 0.180 e. The number of aryl methyl sites for hydroxylation is 1. The Morgan fingerprint density at radius 1 is 1.32 bits per heavy atom. The summed E-state index contributed by atoms with van der Waals surface area (Å²) in [6.07, 6.45) is 2.38. The highest BCUT2D eigenvalue weighted by Gasteiger charge is 2.20. The molecular formula is C19H29NO2. The van der Waals surface area contributed by atoms with Crippen molar-refractivity contribution in [2.75, 3.05) is 26.2 Å². The van der Waals surface area contributed by atoms with Gasteiger partial charge in [-0.3, -0.25) is 9.69 Å². The number of benzene rings is 1. The van der Waals surface area contributed by atoms with Gasteiger partial charge in [-0.25, -0.2) is 0 Å². The molecule has 1 aliphatic heterocycles. The lowest BCUT2D eigenvalue weighted by Crippen LogP contribution is -2.36. The third-order valence-electron chi connectivity index (χ3n) is 4.25. The maximum Gasteiger partial charge on any atom is 0.180 e. The fourth-order valence-electron chi connectivity index (χ4n) is 2.75. The Kier molecular flexibility index (Phi) is 6.01. The Hall–Kier alpha value is -1.35. The monoisotopic (exact) mass is 303 g/mol. The van der Waals surface area contributed by atoms with Crippen molar-refractivity contribution >= 4 is 5.78 Å². The molecule has 0 bridgehead atoms. The lowest BCUT2D eigenvalue weighted by atomic mass is 9.98. The molecule has 1 fully saturated rings. The summed E-state index contributed by atoms with van der Waals surface area (Å²) in [5, 5.41) is 0. The van der Waals surface area contributed by atoms with E-state index < -0.39 is 0 Å². The van der Waals surface area contributed by atoms with Crippen LogP contribution in [-0.2, 0) is 0 Å². The molecule has 0 amide bonds. The number of likely N-dealkylation sites (tertiary alicyclic amines) is 1. The number of nitrogens with zero attached hydrogens (tertiary/aromatic N) is 1. The van der Waals surface area contributed by atoms with Gasteiger partial charge < -0.3 is 4.74 Å². The topological polar surface area (TPSA) is 29.5 Å². The Morgan fingerprint density at radius 2 is 2.00 bits per heavy atom.